The summed E-state index contributed by atoms with van der Waals surface area (Å²) in [4.78, 5) is 15.0. The molecule has 2 aromatic heterocycles. The summed E-state index contributed by atoms with van der Waals surface area (Å²) in [6.07, 6.45) is 0. The molecule has 228 valence electrons. The molecule has 0 aliphatic rings. The van der Waals surface area contributed by atoms with Crippen molar-refractivity contribution in [1.29, 1.82) is 0 Å². The lowest BCUT2D eigenvalue weighted by Crippen LogP contribution is -2.00. The van der Waals surface area contributed by atoms with E-state index >= 15 is 0 Å². The highest BCUT2D eigenvalue weighted by atomic mass is 16.3. The molecule has 0 amide bonds. The SMILES string of the molecule is c1ccc(-c2nc(-c3ccc4c(ccc5ccccc54)c3)nc(-c3ccc4c(c3)oc3cc(-c5ccc6ccccc6c5)ccc34)n2)cc1. The fraction of sp³-hybridized carbons (Fsp3) is 0. The smallest absolute Gasteiger partial charge is 0.164 e. The molecule has 0 unspecified atom stereocenters. The van der Waals surface area contributed by atoms with Crippen molar-refractivity contribution >= 4 is 54.3 Å². The Kier molecular flexibility index (Phi) is 6.15. The zero-order valence-corrected chi connectivity index (χ0v) is 26.3. The van der Waals surface area contributed by atoms with E-state index in [1.54, 1.807) is 0 Å². The molecule has 0 N–H and O–H groups in total. The molecular weight excluding hydrogens is 599 g/mol. The summed E-state index contributed by atoms with van der Waals surface area (Å²) in [5.41, 5.74) is 6.67. The summed E-state index contributed by atoms with van der Waals surface area (Å²) >= 11 is 0. The van der Waals surface area contributed by atoms with Gasteiger partial charge in [-0.2, -0.15) is 0 Å². The minimum absolute atomic E-state index is 0.599. The Labute approximate surface area is 282 Å². The highest BCUT2D eigenvalue weighted by Gasteiger charge is 2.16. The zero-order chi connectivity index (χ0) is 32.3. The van der Waals surface area contributed by atoms with E-state index < -0.39 is 0 Å². The molecule has 0 radical (unpaired) electrons. The third-order valence-electron chi connectivity index (χ3n) is 9.48. The first kappa shape index (κ1) is 27.5. The first-order chi connectivity index (χ1) is 24.2. The van der Waals surface area contributed by atoms with Gasteiger partial charge >= 0.3 is 0 Å². The summed E-state index contributed by atoms with van der Waals surface area (Å²) in [6, 6.07) is 57.1. The monoisotopic (exact) mass is 625 g/mol. The van der Waals surface area contributed by atoms with E-state index in [4.69, 9.17) is 19.4 Å². The predicted octanol–water partition coefficient (Wildman–Crippen LogP) is 11.9. The van der Waals surface area contributed by atoms with Gasteiger partial charge in [-0.3, -0.25) is 0 Å². The molecule has 0 aliphatic heterocycles. The van der Waals surface area contributed by atoms with Crippen molar-refractivity contribution in [3.05, 3.63) is 164 Å². The Morgan fingerprint density at radius 3 is 1.53 bits per heavy atom. The number of hydrogen-bond acceptors (Lipinski definition) is 4. The molecule has 2 heterocycles. The molecule has 0 saturated carbocycles. The fourth-order valence-electron chi connectivity index (χ4n) is 6.97. The molecule has 8 aromatic carbocycles. The average molecular weight is 626 g/mol. The molecule has 0 aliphatic carbocycles. The van der Waals surface area contributed by atoms with Crippen LogP contribution in [0.15, 0.2) is 168 Å². The van der Waals surface area contributed by atoms with Gasteiger partial charge in [0.05, 0.1) is 0 Å². The molecule has 10 rings (SSSR count). The van der Waals surface area contributed by atoms with Gasteiger partial charge < -0.3 is 4.42 Å². The van der Waals surface area contributed by atoms with Crippen LogP contribution in [-0.4, -0.2) is 15.0 Å². The largest absolute Gasteiger partial charge is 0.456 e. The van der Waals surface area contributed by atoms with Gasteiger partial charge in [0.15, 0.2) is 17.5 Å². The van der Waals surface area contributed by atoms with E-state index in [0.717, 1.165) is 55.1 Å². The Morgan fingerprint density at radius 2 is 0.755 bits per heavy atom. The number of hydrogen-bond donors (Lipinski definition) is 0. The lowest BCUT2D eigenvalue weighted by molar-refractivity contribution is 0.669. The third-order valence-corrected chi connectivity index (χ3v) is 9.48. The van der Waals surface area contributed by atoms with Gasteiger partial charge in [0.1, 0.15) is 11.2 Å². The van der Waals surface area contributed by atoms with Crippen LogP contribution >= 0.6 is 0 Å². The summed E-state index contributed by atoms with van der Waals surface area (Å²) in [7, 11) is 0. The van der Waals surface area contributed by atoms with Crippen LogP contribution in [-0.2, 0) is 0 Å². The maximum atomic E-state index is 6.51. The van der Waals surface area contributed by atoms with Crippen LogP contribution in [0.5, 0.6) is 0 Å². The molecule has 10 aromatic rings. The molecule has 49 heavy (non-hydrogen) atoms. The maximum absolute atomic E-state index is 6.51. The van der Waals surface area contributed by atoms with Crippen LogP contribution in [0.4, 0.5) is 0 Å². The van der Waals surface area contributed by atoms with Crippen molar-refractivity contribution < 1.29 is 4.42 Å². The van der Waals surface area contributed by atoms with Crippen LogP contribution < -0.4 is 0 Å². The molecule has 0 saturated heterocycles. The van der Waals surface area contributed by atoms with Crippen molar-refractivity contribution in [3.63, 3.8) is 0 Å². The molecule has 0 spiro atoms. The van der Waals surface area contributed by atoms with Gasteiger partial charge in [-0.15, -0.1) is 0 Å². The van der Waals surface area contributed by atoms with Crippen molar-refractivity contribution in [3.8, 4) is 45.3 Å². The predicted molar refractivity (Wildman–Crippen MR) is 201 cm³/mol. The number of aromatic nitrogens is 3. The summed E-state index contributed by atoms with van der Waals surface area (Å²) in [6.45, 7) is 0. The maximum Gasteiger partial charge on any atom is 0.164 e. The summed E-state index contributed by atoms with van der Waals surface area (Å²) in [5.74, 6) is 1.86. The zero-order valence-electron chi connectivity index (χ0n) is 26.3. The molecule has 0 bridgehead atoms. The lowest BCUT2D eigenvalue weighted by atomic mass is 10.00. The van der Waals surface area contributed by atoms with Crippen molar-refractivity contribution in [2.45, 2.75) is 0 Å². The van der Waals surface area contributed by atoms with Gasteiger partial charge in [-0.1, -0.05) is 127 Å². The molecule has 0 atom stereocenters. The second kappa shape index (κ2) is 11.0. The normalized spacial score (nSPS) is 11.7. The first-order valence-corrected chi connectivity index (χ1v) is 16.4. The average Bonchev–Trinajstić information content (AvgIpc) is 3.55. The molecule has 0 fully saturated rings. The van der Waals surface area contributed by atoms with Crippen molar-refractivity contribution in [2.24, 2.45) is 0 Å². The van der Waals surface area contributed by atoms with Crippen LogP contribution in [0.1, 0.15) is 0 Å². The second-order valence-corrected chi connectivity index (χ2v) is 12.5. The third kappa shape index (κ3) is 4.73. The quantitative estimate of drug-likeness (QED) is 0.183. The van der Waals surface area contributed by atoms with Crippen LogP contribution in [0, 0.1) is 0 Å². The second-order valence-electron chi connectivity index (χ2n) is 12.5. The van der Waals surface area contributed by atoms with E-state index in [-0.39, 0.29) is 0 Å². The van der Waals surface area contributed by atoms with E-state index in [1.807, 2.05) is 36.4 Å². The lowest BCUT2D eigenvalue weighted by Gasteiger charge is -2.10. The van der Waals surface area contributed by atoms with Gasteiger partial charge in [0.25, 0.3) is 0 Å². The van der Waals surface area contributed by atoms with Crippen molar-refractivity contribution in [2.75, 3.05) is 0 Å². The summed E-state index contributed by atoms with van der Waals surface area (Å²) < 4.78 is 6.51. The molecule has 4 nitrogen and oxygen atoms in total. The molecule has 4 heteroatoms. The van der Waals surface area contributed by atoms with E-state index in [0.29, 0.717) is 17.5 Å². The topological polar surface area (TPSA) is 51.8 Å². The van der Waals surface area contributed by atoms with Crippen LogP contribution in [0.2, 0.25) is 0 Å². The Hall–Kier alpha value is -6.65. The number of fused-ring (bicyclic) bond motifs is 7. The highest BCUT2D eigenvalue weighted by Crippen LogP contribution is 2.36. The van der Waals surface area contributed by atoms with E-state index in [2.05, 4.69) is 127 Å². The Balaban J connectivity index is 1.09. The minimum atomic E-state index is 0.599. The van der Waals surface area contributed by atoms with Gasteiger partial charge in [-0.25, -0.2) is 15.0 Å². The minimum Gasteiger partial charge on any atom is -0.456 e. The fourth-order valence-corrected chi connectivity index (χ4v) is 6.97. The Bertz CT molecular complexity index is 2890. The number of rotatable bonds is 4. The Morgan fingerprint density at radius 1 is 0.286 bits per heavy atom. The standard InChI is InChI=1S/C45H27N3O/c1-2-10-30(11-3-1)43-46-44(35-19-21-38-34(25-35)17-15-29-9-6-7-13-37(29)38)48-45(47-43)36-20-23-40-39-22-18-33(26-41(39)49-42(40)27-36)32-16-14-28-8-4-5-12-31(28)24-32/h1-27H. The number of nitrogens with zero attached hydrogens (tertiary/aromatic N) is 3. The van der Waals surface area contributed by atoms with E-state index in [1.165, 1.54) is 26.9 Å². The number of furan rings is 1. The van der Waals surface area contributed by atoms with Crippen LogP contribution in [0.25, 0.3) is 99.5 Å². The number of benzene rings is 8. The highest BCUT2D eigenvalue weighted by molar-refractivity contribution is 6.09. The first-order valence-electron chi connectivity index (χ1n) is 16.4. The molecular formula is C45H27N3O. The van der Waals surface area contributed by atoms with Crippen molar-refractivity contribution in [1.82, 2.24) is 15.0 Å². The summed E-state index contributed by atoms with van der Waals surface area (Å²) in [5, 5.41) is 9.40. The van der Waals surface area contributed by atoms with Gasteiger partial charge in [-0.05, 0) is 79.8 Å². The van der Waals surface area contributed by atoms with E-state index in [9.17, 15) is 0 Å². The van der Waals surface area contributed by atoms with Gasteiger partial charge in [0.2, 0.25) is 0 Å². The van der Waals surface area contributed by atoms with Crippen LogP contribution in [0.3, 0.4) is 0 Å². The van der Waals surface area contributed by atoms with Gasteiger partial charge in [0, 0.05) is 27.5 Å².